The number of nitrogens with one attached hydrogen (secondary N) is 2. The average molecular weight is 409 g/mol. The van der Waals surface area contributed by atoms with Gasteiger partial charge in [-0.2, -0.15) is 13.2 Å². The van der Waals surface area contributed by atoms with E-state index in [0.717, 1.165) is 31.4 Å². The number of rotatable bonds is 1. The van der Waals surface area contributed by atoms with E-state index >= 15 is 0 Å². The van der Waals surface area contributed by atoms with Gasteiger partial charge < -0.3 is 15.4 Å². The summed E-state index contributed by atoms with van der Waals surface area (Å²) in [5.41, 5.74) is 0.207. The van der Waals surface area contributed by atoms with Crippen molar-refractivity contribution in [3.05, 3.63) is 54.1 Å². The molecule has 2 unspecified atom stereocenters. The van der Waals surface area contributed by atoms with Gasteiger partial charge in [0.15, 0.2) is 5.82 Å². The summed E-state index contributed by atoms with van der Waals surface area (Å²) in [6.45, 7) is 6.08. The Bertz CT molecular complexity index is 960. The zero-order valence-electron chi connectivity index (χ0n) is 16.1. The summed E-state index contributed by atoms with van der Waals surface area (Å²) in [5, 5.41) is 12.8. The summed E-state index contributed by atoms with van der Waals surface area (Å²) in [4.78, 5) is 6.58. The van der Waals surface area contributed by atoms with Gasteiger partial charge >= 0.3 is 6.18 Å². The maximum Gasteiger partial charge on any atom is 0.416 e. The fourth-order valence-corrected chi connectivity index (χ4v) is 3.46. The quantitative estimate of drug-likeness (QED) is 0.515. The van der Waals surface area contributed by atoms with E-state index in [1.807, 2.05) is 0 Å². The molecule has 2 atom stereocenters. The summed E-state index contributed by atoms with van der Waals surface area (Å²) < 4.78 is 51.9. The molecule has 8 heteroatoms. The third-order valence-corrected chi connectivity index (χ3v) is 5.12. The predicted octanol–water partition coefficient (Wildman–Crippen LogP) is 4.61. The number of hydrogen-bond donors (Lipinski definition) is 3. The van der Waals surface area contributed by atoms with Gasteiger partial charge in [0, 0.05) is 25.5 Å². The SMILES string of the molecule is CC1CNCC(C)C1O.Fc1c[nH]c2nccc(-c3cccc(C(F)(F)F)c3)c12. The van der Waals surface area contributed by atoms with Crippen molar-refractivity contribution in [3.8, 4) is 11.1 Å². The summed E-state index contributed by atoms with van der Waals surface area (Å²) in [6.07, 6.45) is -1.96. The summed E-state index contributed by atoms with van der Waals surface area (Å²) >= 11 is 0. The Morgan fingerprint density at radius 1 is 1.10 bits per heavy atom. The van der Waals surface area contributed by atoms with Crippen LogP contribution in [-0.4, -0.2) is 34.3 Å². The number of fused-ring (bicyclic) bond motifs is 1. The molecule has 4 nitrogen and oxygen atoms in total. The number of aliphatic hydroxyl groups excluding tert-OH is 1. The first-order valence-corrected chi connectivity index (χ1v) is 9.36. The lowest BCUT2D eigenvalue weighted by Crippen LogP contribution is -2.44. The van der Waals surface area contributed by atoms with Crippen LogP contribution in [0.1, 0.15) is 19.4 Å². The maximum atomic E-state index is 13.7. The molecule has 0 spiro atoms. The molecule has 0 saturated carbocycles. The molecule has 29 heavy (non-hydrogen) atoms. The molecule has 1 aliphatic rings. The number of nitrogens with zero attached hydrogens (tertiary/aromatic N) is 1. The Labute approximate surface area is 166 Å². The van der Waals surface area contributed by atoms with Gasteiger partial charge in [0.1, 0.15) is 5.65 Å². The highest BCUT2D eigenvalue weighted by Gasteiger charge is 2.30. The molecule has 0 bridgehead atoms. The van der Waals surface area contributed by atoms with E-state index in [1.165, 1.54) is 24.4 Å². The standard InChI is InChI=1S/C14H8F4N2.C7H15NO/c15-11-7-20-13-12(11)10(4-5-19-13)8-2-1-3-9(6-8)14(16,17)18;1-5-3-8-4-6(2)7(5)9/h1-7H,(H,19,20);5-9H,3-4H2,1-2H3. The smallest absolute Gasteiger partial charge is 0.392 e. The van der Waals surface area contributed by atoms with Crippen LogP contribution in [0.15, 0.2) is 42.7 Å². The number of aliphatic hydroxyl groups is 1. The van der Waals surface area contributed by atoms with Crippen molar-refractivity contribution in [1.82, 2.24) is 15.3 Å². The molecule has 0 aliphatic carbocycles. The van der Waals surface area contributed by atoms with Crippen LogP contribution in [0.5, 0.6) is 0 Å². The number of aromatic amines is 1. The number of alkyl halides is 3. The number of piperidine rings is 1. The van der Waals surface area contributed by atoms with Gasteiger partial charge in [-0.05, 0) is 41.2 Å². The van der Waals surface area contributed by atoms with Crippen LogP contribution in [-0.2, 0) is 6.18 Å². The Kier molecular flexibility index (Phi) is 6.24. The van der Waals surface area contributed by atoms with Crippen LogP contribution in [0.4, 0.5) is 17.6 Å². The molecule has 0 radical (unpaired) electrons. The largest absolute Gasteiger partial charge is 0.416 e. The van der Waals surface area contributed by atoms with Crippen LogP contribution in [0, 0.1) is 17.7 Å². The summed E-state index contributed by atoms with van der Waals surface area (Å²) in [6, 6.07) is 6.29. The second-order valence-corrected chi connectivity index (χ2v) is 7.40. The second kappa shape index (κ2) is 8.51. The van der Waals surface area contributed by atoms with E-state index in [9.17, 15) is 22.7 Å². The highest BCUT2D eigenvalue weighted by molar-refractivity contribution is 5.93. The lowest BCUT2D eigenvalue weighted by Gasteiger charge is -2.30. The van der Waals surface area contributed by atoms with Crippen molar-refractivity contribution in [1.29, 1.82) is 0 Å². The van der Waals surface area contributed by atoms with Crippen LogP contribution < -0.4 is 5.32 Å². The van der Waals surface area contributed by atoms with Crippen molar-refractivity contribution in [2.45, 2.75) is 26.1 Å². The second-order valence-electron chi connectivity index (χ2n) is 7.40. The highest BCUT2D eigenvalue weighted by Crippen LogP contribution is 2.34. The van der Waals surface area contributed by atoms with Crippen molar-refractivity contribution >= 4 is 11.0 Å². The number of H-pyrrole nitrogens is 1. The van der Waals surface area contributed by atoms with E-state index in [2.05, 4.69) is 29.1 Å². The Morgan fingerprint density at radius 3 is 2.41 bits per heavy atom. The Balaban J connectivity index is 0.000000224. The predicted molar refractivity (Wildman–Crippen MR) is 104 cm³/mol. The van der Waals surface area contributed by atoms with E-state index < -0.39 is 17.6 Å². The van der Waals surface area contributed by atoms with Gasteiger partial charge in [0.2, 0.25) is 0 Å². The number of aromatic nitrogens is 2. The minimum Gasteiger partial charge on any atom is -0.392 e. The summed E-state index contributed by atoms with van der Waals surface area (Å²) in [5.74, 6) is 0.308. The molecule has 1 aliphatic heterocycles. The molecule has 3 N–H and O–H groups in total. The monoisotopic (exact) mass is 409 g/mol. The minimum atomic E-state index is -4.43. The molecule has 156 valence electrons. The molecule has 2 aromatic heterocycles. The lowest BCUT2D eigenvalue weighted by molar-refractivity contribution is -0.137. The van der Waals surface area contributed by atoms with Crippen LogP contribution in [0.2, 0.25) is 0 Å². The molecular weight excluding hydrogens is 386 g/mol. The van der Waals surface area contributed by atoms with Crippen molar-refractivity contribution < 1.29 is 22.7 Å². The average Bonchev–Trinajstić information content (AvgIpc) is 3.07. The fraction of sp³-hybridized carbons (Fsp3) is 0.381. The van der Waals surface area contributed by atoms with Gasteiger partial charge in [-0.3, -0.25) is 0 Å². The number of pyridine rings is 1. The van der Waals surface area contributed by atoms with Crippen LogP contribution in [0.3, 0.4) is 0 Å². The third-order valence-electron chi connectivity index (χ3n) is 5.12. The maximum absolute atomic E-state index is 13.7. The van der Waals surface area contributed by atoms with E-state index in [0.29, 0.717) is 28.6 Å². The number of halogens is 4. The molecule has 4 rings (SSSR count). The number of hydrogen-bond acceptors (Lipinski definition) is 3. The van der Waals surface area contributed by atoms with Crippen LogP contribution >= 0.6 is 0 Å². The topological polar surface area (TPSA) is 60.9 Å². The first kappa shape index (κ1) is 21.3. The molecular formula is C21H23F4N3O. The van der Waals surface area contributed by atoms with Crippen molar-refractivity contribution in [3.63, 3.8) is 0 Å². The van der Waals surface area contributed by atoms with Gasteiger partial charge in [-0.15, -0.1) is 0 Å². The van der Waals surface area contributed by atoms with E-state index in [-0.39, 0.29) is 11.5 Å². The Morgan fingerprint density at radius 2 is 1.79 bits per heavy atom. The highest BCUT2D eigenvalue weighted by atomic mass is 19.4. The van der Waals surface area contributed by atoms with E-state index in [1.54, 1.807) is 0 Å². The van der Waals surface area contributed by atoms with Crippen LogP contribution in [0.25, 0.3) is 22.2 Å². The molecule has 3 aromatic rings. The normalized spacial score (nSPS) is 22.2. The molecule has 1 fully saturated rings. The van der Waals surface area contributed by atoms with Gasteiger partial charge in [-0.25, -0.2) is 9.37 Å². The molecule has 3 heterocycles. The Hall–Kier alpha value is -2.45. The van der Waals surface area contributed by atoms with Crippen molar-refractivity contribution in [2.24, 2.45) is 11.8 Å². The molecule has 1 aromatic carbocycles. The van der Waals surface area contributed by atoms with Gasteiger partial charge in [0.05, 0.1) is 17.1 Å². The summed E-state index contributed by atoms with van der Waals surface area (Å²) in [7, 11) is 0. The first-order chi connectivity index (χ1) is 13.7. The minimum absolute atomic E-state index is 0.0914. The third kappa shape index (κ3) is 4.76. The lowest BCUT2D eigenvalue weighted by atomic mass is 9.90. The van der Waals surface area contributed by atoms with Crippen molar-refractivity contribution in [2.75, 3.05) is 13.1 Å². The zero-order chi connectivity index (χ0) is 21.2. The zero-order valence-corrected chi connectivity index (χ0v) is 16.1. The van der Waals surface area contributed by atoms with E-state index in [4.69, 9.17) is 0 Å². The van der Waals surface area contributed by atoms with Gasteiger partial charge in [-0.1, -0.05) is 26.0 Å². The first-order valence-electron chi connectivity index (χ1n) is 9.36. The number of benzene rings is 1. The van der Waals surface area contributed by atoms with Gasteiger partial charge in [0.25, 0.3) is 0 Å². The molecule has 1 saturated heterocycles. The fourth-order valence-electron chi connectivity index (χ4n) is 3.46. The molecule has 0 amide bonds.